The van der Waals surface area contributed by atoms with Gasteiger partial charge in [0.25, 0.3) is 0 Å². The molecular weight excluding hydrogens is 266 g/mol. The topological polar surface area (TPSA) is 77.5 Å². The van der Waals surface area contributed by atoms with Crippen LogP contribution in [0.4, 0.5) is 5.82 Å². The van der Waals surface area contributed by atoms with E-state index < -0.39 is 0 Å². The van der Waals surface area contributed by atoms with Crippen LogP contribution in [0.5, 0.6) is 0 Å². The van der Waals surface area contributed by atoms with Gasteiger partial charge in [0.1, 0.15) is 5.52 Å². The Morgan fingerprint density at radius 2 is 2.14 bits per heavy atom. The van der Waals surface area contributed by atoms with Gasteiger partial charge in [0.15, 0.2) is 5.82 Å². The molecule has 116 valence electrons. The summed E-state index contributed by atoms with van der Waals surface area (Å²) in [7, 11) is 0. The van der Waals surface area contributed by atoms with E-state index >= 15 is 0 Å². The molecule has 0 fully saturated rings. The quantitative estimate of drug-likeness (QED) is 0.761. The molecular formula is C15H25N5O. The molecule has 0 aliphatic rings. The number of aromatic nitrogens is 3. The second-order valence-corrected chi connectivity index (χ2v) is 6.07. The molecule has 0 bridgehead atoms. The van der Waals surface area contributed by atoms with Gasteiger partial charge in [-0.25, -0.2) is 9.50 Å². The first-order valence-electron chi connectivity index (χ1n) is 7.39. The minimum atomic E-state index is 0.0271. The smallest absolute Gasteiger partial charge is 0.152 e. The van der Waals surface area contributed by atoms with Crippen molar-refractivity contribution in [1.82, 2.24) is 14.6 Å². The van der Waals surface area contributed by atoms with Crippen LogP contribution in [0.2, 0.25) is 0 Å². The molecule has 3 N–H and O–H groups in total. The Hall–Kier alpha value is -1.66. The lowest BCUT2D eigenvalue weighted by molar-refractivity contribution is 0.141. The molecule has 0 aromatic carbocycles. The molecule has 6 nitrogen and oxygen atoms in total. The van der Waals surface area contributed by atoms with E-state index in [0.29, 0.717) is 19.8 Å². The zero-order valence-corrected chi connectivity index (χ0v) is 13.1. The number of anilines is 1. The van der Waals surface area contributed by atoms with Crippen LogP contribution in [0.25, 0.3) is 5.52 Å². The fourth-order valence-electron chi connectivity index (χ4n) is 1.99. The highest BCUT2D eigenvalue weighted by molar-refractivity contribution is 5.68. The van der Waals surface area contributed by atoms with Crippen molar-refractivity contribution in [2.45, 2.75) is 32.6 Å². The molecule has 2 rings (SSSR count). The molecule has 0 saturated carbocycles. The predicted octanol–water partition coefficient (Wildman–Crippen LogP) is 1.80. The van der Waals surface area contributed by atoms with Gasteiger partial charge < -0.3 is 15.8 Å². The SMILES string of the molecule is CC(C)(C)c1cc2c(NCCCOCCN)nccn2n1. The first-order valence-corrected chi connectivity index (χ1v) is 7.39. The van der Waals surface area contributed by atoms with Crippen LogP contribution in [0.1, 0.15) is 32.9 Å². The molecule has 21 heavy (non-hydrogen) atoms. The summed E-state index contributed by atoms with van der Waals surface area (Å²) in [6.45, 7) is 9.18. The first-order chi connectivity index (χ1) is 10.0. The van der Waals surface area contributed by atoms with E-state index in [2.05, 4.69) is 42.2 Å². The maximum Gasteiger partial charge on any atom is 0.152 e. The van der Waals surface area contributed by atoms with E-state index in [1.54, 1.807) is 6.20 Å². The Kier molecular flexibility index (Phi) is 5.14. The Balaban J connectivity index is 2.01. The van der Waals surface area contributed by atoms with Crippen LogP contribution in [0.15, 0.2) is 18.5 Å². The molecule has 0 unspecified atom stereocenters. The Morgan fingerprint density at radius 1 is 1.33 bits per heavy atom. The van der Waals surface area contributed by atoms with Gasteiger partial charge in [0, 0.05) is 37.5 Å². The van der Waals surface area contributed by atoms with Crippen LogP contribution in [0.3, 0.4) is 0 Å². The highest BCUT2D eigenvalue weighted by Crippen LogP contribution is 2.24. The maximum atomic E-state index is 5.37. The van der Waals surface area contributed by atoms with E-state index in [1.807, 2.05) is 10.7 Å². The molecule has 0 aliphatic carbocycles. The van der Waals surface area contributed by atoms with Crippen LogP contribution in [-0.4, -0.2) is 40.9 Å². The average Bonchev–Trinajstić information content (AvgIpc) is 2.87. The lowest BCUT2D eigenvalue weighted by atomic mass is 9.92. The molecule has 2 aromatic heterocycles. The molecule has 0 amide bonds. The summed E-state index contributed by atoms with van der Waals surface area (Å²) in [5.74, 6) is 0.860. The van der Waals surface area contributed by atoms with Gasteiger partial charge in [-0.2, -0.15) is 5.10 Å². The Labute approximate surface area is 125 Å². The van der Waals surface area contributed by atoms with Crippen molar-refractivity contribution in [1.29, 1.82) is 0 Å². The first kappa shape index (κ1) is 15.7. The normalized spacial score (nSPS) is 12.0. The number of fused-ring (bicyclic) bond motifs is 1. The fourth-order valence-corrected chi connectivity index (χ4v) is 1.99. The van der Waals surface area contributed by atoms with E-state index in [-0.39, 0.29) is 5.41 Å². The molecule has 0 radical (unpaired) electrons. The average molecular weight is 291 g/mol. The third kappa shape index (κ3) is 4.15. The number of rotatable bonds is 7. The predicted molar refractivity (Wildman–Crippen MR) is 84.7 cm³/mol. The van der Waals surface area contributed by atoms with Crippen molar-refractivity contribution in [2.24, 2.45) is 5.73 Å². The summed E-state index contributed by atoms with van der Waals surface area (Å²) >= 11 is 0. The Morgan fingerprint density at radius 3 is 2.86 bits per heavy atom. The van der Waals surface area contributed by atoms with Gasteiger partial charge in [-0.05, 0) is 12.5 Å². The molecule has 2 heterocycles. The largest absolute Gasteiger partial charge is 0.380 e. The van der Waals surface area contributed by atoms with E-state index in [0.717, 1.165) is 30.0 Å². The number of hydrogen-bond acceptors (Lipinski definition) is 5. The van der Waals surface area contributed by atoms with Crippen LogP contribution >= 0.6 is 0 Å². The van der Waals surface area contributed by atoms with Gasteiger partial charge in [0.05, 0.1) is 12.3 Å². The molecule has 0 atom stereocenters. The second kappa shape index (κ2) is 6.87. The molecule has 6 heteroatoms. The standard InChI is InChI=1S/C15H25N5O/c1-15(2,3)13-11-12-14(18-7-8-20(12)19-13)17-6-4-9-21-10-5-16/h7-8,11H,4-6,9-10,16H2,1-3H3,(H,17,18). The number of nitrogens with two attached hydrogens (primary N) is 1. The summed E-state index contributed by atoms with van der Waals surface area (Å²) in [5, 5.41) is 7.96. The van der Waals surface area contributed by atoms with Crippen molar-refractivity contribution in [3.8, 4) is 0 Å². The lowest BCUT2D eigenvalue weighted by Gasteiger charge is -2.13. The van der Waals surface area contributed by atoms with Gasteiger partial charge in [-0.15, -0.1) is 0 Å². The van der Waals surface area contributed by atoms with Gasteiger partial charge in [0.2, 0.25) is 0 Å². The maximum absolute atomic E-state index is 5.37. The molecule has 0 saturated heterocycles. The number of ether oxygens (including phenoxy) is 1. The van der Waals surface area contributed by atoms with Crippen molar-refractivity contribution in [3.05, 3.63) is 24.2 Å². The summed E-state index contributed by atoms with van der Waals surface area (Å²) < 4.78 is 7.23. The third-order valence-corrected chi connectivity index (χ3v) is 3.18. The molecule has 0 aliphatic heterocycles. The zero-order valence-electron chi connectivity index (χ0n) is 13.1. The minimum absolute atomic E-state index is 0.0271. The summed E-state index contributed by atoms with van der Waals surface area (Å²) in [5.41, 5.74) is 7.47. The van der Waals surface area contributed by atoms with Crippen LogP contribution in [-0.2, 0) is 10.2 Å². The summed E-state index contributed by atoms with van der Waals surface area (Å²) in [6.07, 6.45) is 4.56. The monoisotopic (exact) mass is 291 g/mol. The van der Waals surface area contributed by atoms with Crippen molar-refractivity contribution in [2.75, 3.05) is 31.6 Å². The number of hydrogen-bond donors (Lipinski definition) is 2. The van der Waals surface area contributed by atoms with Crippen molar-refractivity contribution < 1.29 is 4.74 Å². The van der Waals surface area contributed by atoms with E-state index in [4.69, 9.17) is 10.5 Å². The minimum Gasteiger partial charge on any atom is -0.380 e. The van der Waals surface area contributed by atoms with E-state index in [1.165, 1.54) is 0 Å². The number of nitrogens with one attached hydrogen (secondary N) is 1. The van der Waals surface area contributed by atoms with E-state index in [9.17, 15) is 0 Å². The van der Waals surface area contributed by atoms with Crippen molar-refractivity contribution >= 4 is 11.3 Å². The summed E-state index contributed by atoms with van der Waals surface area (Å²) in [6, 6.07) is 2.10. The zero-order chi connectivity index (χ0) is 15.3. The van der Waals surface area contributed by atoms with Crippen LogP contribution in [0, 0.1) is 0 Å². The fraction of sp³-hybridized carbons (Fsp3) is 0.600. The number of nitrogens with zero attached hydrogens (tertiary/aromatic N) is 3. The highest BCUT2D eigenvalue weighted by atomic mass is 16.5. The third-order valence-electron chi connectivity index (χ3n) is 3.18. The summed E-state index contributed by atoms with van der Waals surface area (Å²) in [4.78, 5) is 4.40. The highest BCUT2D eigenvalue weighted by Gasteiger charge is 2.18. The van der Waals surface area contributed by atoms with Gasteiger partial charge >= 0.3 is 0 Å². The van der Waals surface area contributed by atoms with Crippen LogP contribution < -0.4 is 11.1 Å². The van der Waals surface area contributed by atoms with Gasteiger partial charge in [-0.1, -0.05) is 20.8 Å². The Bertz CT molecular complexity index is 573. The van der Waals surface area contributed by atoms with Gasteiger partial charge in [-0.3, -0.25) is 0 Å². The molecule has 0 spiro atoms. The van der Waals surface area contributed by atoms with Crippen molar-refractivity contribution in [3.63, 3.8) is 0 Å². The lowest BCUT2D eigenvalue weighted by Crippen LogP contribution is -2.12. The molecule has 2 aromatic rings. The second-order valence-electron chi connectivity index (χ2n) is 6.07.